The fourth-order valence-corrected chi connectivity index (χ4v) is 2.97. The van der Waals surface area contributed by atoms with Crippen LogP contribution in [0, 0.1) is 27.7 Å². The molecule has 1 N–H and O–H groups in total. The molecule has 2 heterocycles. The minimum Gasteiger partial charge on any atom is -0.497 e. The molecule has 0 saturated carbocycles. The molecule has 0 aliphatic carbocycles. The molecule has 0 amide bonds. The van der Waals surface area contributed by atoms with Crippen molar-refractivity contribution < 1.29 is 4.74 Å². The highest BCUT2D eigenvalue weighted by atomic mass is 16.5. The standard InChI is InChI=1S/C19H23N3O/c1-12-9-16(23-5)10-13(2)17(12)11-20-18-7-6-8-22-15(4)14(3)21-19(18)22/h6-10,20H,11H2,1-5H3. The lowest BCUT2D eigenvalue weighted by Gasteiger charge is -2.14. The molecule has 23 heavy (non-hydrogen) atoms. The molecule has 0 aliphatic rings. The normalized spacial score (nSPS) is 11.0. The van der Waals surface area contributed by atoms with Gasteiger partial charge in [0.05, 0.1) is 18.5 Å². The van der Waals surface area contributed by atoms with Crippen molar-refractivity contribution in [2.75, 3.05) is 12.4 Å². The monoisotopic (exact) mass is 309 g/mol. The maximum atomic E-state index is 5.33. The molecule has 3 aromatic rings. The van der Waals surface area contributed by atoms with Crippen molar-refractivity contribution in [3.05, 3.63) is 58.5 Å². The van der Waals surface area contributed by atoms with Crippen molar-refractivity contribution in [1.82, 2.24) is 9.38 Å². The van der Waals surface area contributed by atoms with Gasteiger partial charge in [-0.25, -0.2) is 4.98 Å². The number of hydrogen-bond donors (Lipinski definition) is 1. The molecule has 4 heteroatoms. The summed E-state index contributed by atoms with van der Waals surface area (Å²) in [4.78, 5) is 4.68. The Labute approximate surface area is 137 Å². The van der Waals surface area contributed by atoms with E-state index in [1.807, 2.05) is 6.92 Å². The number of nitrogens with zero attached hydrogens (tertiary/aromatic N) is 2. The van der Waals surface area contributed by atoms with E-state index in [1.54, 1.807) is 7.11 Å². The van der Waals surface area contributed by atoms with Gasteiger partial charge < -0.3 is 14.5 Å². The van der Waals surface area contributed by atoms with Gasteiger partial charge in [-0.15, -0.1) is 0 Å². The smallest absolute Gasteiger partial charge is 0.160 e. The third-order valence-corrected chi connectivity index (χ3v) is 4.49. The first-order chi connectivity index (χ1) is 11.0. The topological polar surface area (TPSA) is 38.6 Å². The molecule has 4 nitrogen and oxygen atoms in total. The Morgan fingerprint density at radius 2 is 1.83 bits per heavy atom. The van der Waals surface area contributed by atoms with Crippen LogP contribution in [-0.2, 0) is 6.54 Å². The van der Waals surface area contributed by atoms with Crippen LogP contribution < -0.4 is 10.1 Å². The average molecular weight is 309 g/mol. The number of pyridine rings is 1. The fraction of sp³-hybridized carbons (Fsp3) is 0.316. The van der Waals surface area contributed by atoms with Gasteiger partial charge in [0.1, 0.15) is 5.75 Å². The highest BCUT2D eigenvalue weighted by Gasteiger charge is 2.10. The summed E-state index contributed by atoms with van der Waals surface area (Å²) in [6.07, 6.45) is 2.06. The summed E-state index contributed by atoms with van der Waals surface area (Å²) in [6.45, 7) is 9.15. The van der Waals surface area contributed by atoms with Crippen molar-refractivity contribution in [2.45, 2.75) is 34.2 Å². The summed E-state index contributed by atoms with van der Waals surface area (Å²) in [5, 5.41) is 3.54. The van der Waals surface area contributed by atoms with Crippen molar-refractivity contribution in [3.8, 4) is 5.75 Å². The Morgan fingerprint density at radius 3 is 2.48 bits per heavy atom. The maximum Gasteiger partial charge on any atom is 0.160 e. The number of nitrogens with one attached hydrogen (secondary N) is 1. The molecule has 0 radical (unpaired) electrons. The van der Waals surface area contributed by atoms with Gasteiger partial charge in [-0.2, -0.15) is 0 Å². The van der Waals surface area contributed by atoms with Crippen LogP contribution in [-0.4, -0.2) is 16.5 Å². The SMILES string of the molecule is COc1cc(C)c(CNc2cccn3c(C)c(C)nc23)c(C)c1. The Morgan fingerprint density at radius 1 is 1.13 bits per heavy atom. The van der Waals surface area contributed by atoms with Crippen LogP contribution in [0.1, 0.15) is 28.1 Å². The second-order valence-corrected chi connectivity index (χ2v) is 5.99. The highest BCUT2D eigenvalue weighted by molar-refractivity contribution is 5.68. The van der Waals surface area contributed by atoms with Crippen molar-refractivity contribution in [2.24, 2.45) is 0 Å². The number of rotatable bonds is 4. The molecule has 0 atom stereocenters. The summed E-state index contributed by atoms with van der Waals surface area (Å²) in [7, 11) is 1.70. The first-order valence-corrected chi connectivity index (χ1v) is 7.83. The van der Waals surface area contributed by atoms with Gasteiger partial charge in [-0.1, -0.05) is 0 Å². The van der Waals surface area contributed by atoms with Crippen molar-refractivity contribution in [1.29, 1.82) is 0 Å². The Balaban J connectivity index is 1.91. The van der Waals surface area contributed by atoms with Crippen LogP contribution in [0.2, 0.25) is 0 Å². The van der Waals surface area contributed by atoms with E-state index in [0.717, 1.165) is 29.3 Å². The van der Waals surface area contributed by atoms with E-state index in [1.165, 1.54) is 22.4 Å². The van der Waals surface area contributed by atoms with E-state index < -0.39 is 0 Å². The van der Waals surface area contributed by atoms with Crippen molar-refractivity contribution in [3.63, 3.8) is 0 Å². The van der Waals surface area contributed by atoms with Gasteiger partial charge in [0.2, 0.25) is 0 Å². The molecule has 120 valence electrons. The van der Waals surface area contributed by atoms with Crippen LogP contribution in [0.5, 0.6) is 5.75 Å². The molecule has 0 unspecified atom stereocenters. The van der Waals surface area contributed by atoms with Gasteiger partial charge in [0.15, 0.2) is 5.65 Å². The van der Waals surface area contributed by atoms with Gasteiger partial charge in [-0.3, -0.25) is 0 Å². The first-order valence-electron chi connectivity index (χ1n) is 7.83. The Kier molecular flexibility index (Phi) is 3.99. The average Bonchev–Trinajstić information content (AvgIpc) is 2.82. The lowest BCUT2D eigenvalue weighted by molar-refractivity contribution is 0.414. The third kappa shape index (κ3) is 2.77. The van der Waals surface area contributed by atoms with Gasteiger partial charge in [0, 0.05) is 18.4 Å². The predicted octanol–water partition coefficient (Wildman–Crippen LogP) is 4.19. The highest BCUT2D eigenvalue weighted by Crippen LogP contribution is 2.24. The zero-order chi connectivity index (χ0) is 16.6. The largest absolute Gasteiger partial charge is 0.497 e. The number of benzene rings is 1. The lowest BCUT2D eigenvalue weighted by Crippen LogP contribution is -2.05. The Hall–Kier alpha value is -2.49. The zero-order valence-electron chi connectivity index (χ0n) is 14.4. The molecule has 0 saturated heterocycles. The number of ether oxygens (including phenoxy) is 1. The zero-order valence-corrected chi connectivity index (χ0v) is 14.4. The Bertz CT molecular complexity index is 841. The van der Waals surface area contributed by atoms with E-state index in [-0.39, 0.29) is 0 Å². The molecule has 2 aromatic heterocycles. The van der Waals surface area contributed by atoms with E-state index in [2.05, 4.69) is 65.9 Å². The molecular formula is C19H23N3O. The maximum absolute atomic E-state index is 5.33. The molecule has 0 spiro atoms. The van der Waals surface area contributed by atoms with E-state index in [0.29, 0.717) is 0 Å². The molecule has 0 bridgehead atoms. The number of hydrogen-bond acceptors (Lipinski definition) is 3. The summed E-state index contributed by atoms with van der Waals surface area (Å²) in [6, 6.07) is 8.29. The van der Waals surface area contributed by atoms with E-state index in [4.69, 9.17) is 4.74 Å². The van der Waals surface area contributed by atoms with E-state index >= 15 is 0 Å². The number of imidazole rings is 1. The third-order valence-electron chi connectivity index (χ3n) is 4.49. The molecule has 3 rings (SSSR count). The van der Waals surface area contributed by atoms with Crippen LogP contribution in [0.15, 0.2) is 30.5 Å². The molecule has 0 fully saturated rings. The number of aromatic nitrogens is 2. The van der Waals surface area contributed by atoms with Crippen LogP contribution >= 0.6 is 0 Å². The minimum absolute atomic E-state index is 0.770. The van der Waals surface area contributed by atoms with Crippen molar-refractivity contribution >= 4 is 11.3 Å². The van der Waals surface area contributed by atoms with Crippen LogP contribution in [0.3, 0.4) is 0 Å². The second kappa shape index (κ2) is 5.95. The molecule has 1 aromatic carbocycles. The van der Waals surface area contributed by atoms with E-state index in [9.17, 15) is 0 Å². The van der Waals surface area contributed by atoms with Gasteiger partial charge in [0.25, 0.3) is 0 Å². The summed E-state index contributed by atoms with van der Waals surface area (Å²) >= 11 is 0. The second-order valence-electron chi connectivity index (χ2n) is 5.99. The predicted molar refractivity (Wildman–Crippen MR) is 94.5 cm³/mol. The number of anilines is 1. The number of aryl methyl sites for hydroxylation is 4. The fourth-order valence-electron chi connectivity index (χ4n) is 2.97. The first kappa shape index (κ1) is 15.4. The van der Waals surface area contributed by atoms with Gasteiger partial charge >= 0.3 is 0 Å². The summed E-state index contributed by atoms with van der Waals surface area (Å²) in [5.41, 5.74) is 8.04. The quantitative estimate of drug-likeness (QED) is 0.785. The van der Waals surface area contributed by atoms with Crippen LogP contribution in [0.25, 0.3) is 5.65 Å². The minimum atomic E-state index is 0.770. The lowest BCUT2D eigenvalue weighted by atomic mass is 10.0. The van der Waals surface area contributed by atoms with Crippen LogP contribution in [0.4, 0.5) is 5.69 Å². The molecular weight excluding hydrogens is 286 g/mol. The number of methoxy groups -OCH3 is 1. The molecule has 0 aliphatic heterocycles. The number of fused-ring (bicyclic) bond motifs is 1. The summed E-state index contributed by atoms with van der Waals surface area (Å²) < 4.78 is 7.46. The van der Waals surface area contributed by atoms with Gasteiger partial charge in [-0.05, 0) is 68.7 Å². The summed E-state index contributed by atoms with van der Waals surface area (Å²) in [5.74, 6) is 0.908.